The molecular formula is C23H27N5O. The fraction of sp³-hybridized carbons (Fsp3) is 0.348. The van der Waals surface area contributed by atoms with Crippen LogP contribution in [0.1, 0.15) is 47.1 Å². The van der Waals surface area contributed by atoms with Crippen molar-refractivity contribution in [3.8, 4) is 0 Å². The fourth-order valence-corrected chi connectivity index (χ4v) is 3.96. The summed E-state index contributed by atoms with van der Waals surface area (Å²) in [4.78, 5) is 23.8. The number of rotatable bonds is 4. The number of anilines is 1. The van der Waals surface area contributed by atoms with Gasteiger partial charge in [-0.3, -0.25) is 4.98 Å². The van der Waals surface area contributed by atoms with Crippen LogP contribution in [0.4, 0.5) is 10.5 Å². The number of pyridine rings is 1. The third kappa shape index (κ3) is 4.01. The minimum absolute atomic E-state index is 0.0179. The molecule has 1 aliphatic heterocycles. The first-order chi connectivity index (χ1) is 14.0. The van der Waals surface area contributed by atoms with Crippen molar-refractivity contribution in [2.24, 2.45) is 0 Å². The maximum Gasteiger partial charge on any atom is 0.322 e. The van der Waals surface area contributed by atoms with E-state index in [1.165, 1.54) is 5.56 Å². The molecule has 0 bridgehead atoms. The van der Waals surface area contributed by atoms with Gasteiger partial charge in [0.1, 0.15) is 5.82 Å². The van der Waals surface area contributed by atoms with Gasteiger partial charge in [-0.05, 0) is 68.5 Å². The van der Waals surface area contributed by atoms with E-state index in [9.17, 15) is 4.79 Å². The highest BCUT2D eigenvalue weighted by atomic mass is 16.2. The van der Waals surface area contributed by atoms with Gasteiger partial charge in [0.15, 0.2) is 0 Å². The summed E-state index contributed by atoms with van der Waals surface area (Å²) in [6, 6.07) is 10.1. The third-order valence-corrected chi connectivity index (χ3v) is 5.62. The number of nitrogens with zero attached hydrogens (tertiary/aromatic N) is 4. The molecule has 6 heteroatoms. The smallest absolute Gasteiger partial charge is 0.322 e. The number of urea groups is 1. The lowest BCUT2D eigenvalue weighted by Crippen LogP contribution is -2.35. The number of aromatic nitrogens is 3. The Kier molecular flexibility index (Phi) is 5.34. The van der Waals surface area contributed by atoms with Gasteiger partial charge in [-0.15, -0.1) is 0 Å². The summed E-state index contributed by atoms with van der Waals surface area (Å²) >= 11 is 0. The van der Waals surface area contributed by atoms with Crippen molar-refractivity contribution in [1.29, 1.82) is 0 Å². The number of amides is 2. The van der Waals surface area contributed by atoms with E-state index in [0.29, 0.717) is 0 Å². The molecule has 1 fully saturated rings. The van der Waals surface area contributed by atoms with Gasteiger partial charge in [-0.25, -0.2) is 9.78 Å². The molecule has 150 valence electrons. The Balaban J connectivity index is 1.57. The minimum Gasteiger partial charge on any atom is -0.326 e. The number of likely N-dealkylation sites (tertiary alicyclic amines) is 1. The molecule has 3 heterocycles. The van der Waals surface area contributed by atoms with E-state index >= 15 is 0 Å². The summed E-state index contributed by atoms with van der Waals surface area (Å²) in [5, 5.41) is 3.11. The normalized spacial score (nSPS) is 16.2. The molecule has 2 amide bonds. The van der Waals surface area contributed by atoms with Gasteiger partial charge in [0.2, 0.25) is 0 Å². The van der Waals surface area contributed by atoms with E-state index in [0.717, 1.165) is 54.3 Å². The number of carbonyl (C=O) groups is 1. The Morgan fingerprint density at radius 1 is 1.17 bits per heavy atom. The van der Waals surface area contributed by atoms with Gasteiger partial charge in [-0.2, -0.15) is 0 Å². The first-order valence-electron chi connectivity index (χ1n) is 10.1. The standard InChI is InChI=1S/C23H27N5O/c1-16-6-7-17(2)20(13-16)26-23(29)27-12-4-5-21(27)22-25-14-18(3)28(22)15-19-8-10-24-11-9-19/h6-11,13-14,21H,4-5,12,15H2,1-3H3,(H,26,29). The maximum absolute atomic E-state index is 13.1. The van der Waals surface area contributed by atoms with E-state index in [4.69, 9.17) is 4.98 Å². The summed E-state index contributed by atoms with van der Waals surface area (Å²) in [6.45, 7) is 7.58. The number of aryl methyl sites for hydroxylation is 3. The van der Waals surface area contributed by atoms with Crippen molar-refractivity contribution in [1.82, 2.24) is 19.4 Å². The summed E-state index contributed by atoms with van der Waals surface area (Å²) in [5.41, 5.74) is 5.34. The molecule has 0 spiro atoms. The first-order valence-corrected chi connectivity index (χ1v) is 10.1. The second-order valence-corrected chi connectivity index (χ2v) is 7.80. The van der Waals surface area contributed by atoms with Gasteiger partial charge in [-0.1, -0.05) is 12.1 Å². The molecule has 0 saturated carbocycles. The zero-order valence-corrected chi connectivity index (χ0v) is 17.2. The Labute approximate surface area is 171 Å². The van der Waals surface area contributed by atoms with Crippen molar-refractivity contribution < 1.29 is 4.79 Å². The Hall–Kier alpha value is -3.15. The number of hydrogen-bond acceptors (Lipinski definition) is 3. The topological polar surface area (TPSA) is 63.1 Å². The molecule has 6 nitrogen and oxygen atoms in total. The first kappa shape index (κ1) is 19.2. The van der Waals surface area contributed by atoms with Gasteiger partial charge in [0, 0.05) is 43.1 Å². The molecule has 1 aromatic carbocycles. The number of benzene rings is 1. The molecule has 29 heavy (non-hydrogen) atoms. The lowest BCUT2D eigenvalue weighted by atomic mass is 10.1. The molecule has 0 radical (unpaired) electrons. The molecule has 4 rings (SSSR count). The van der Waals surface area contributed by atoms with E-state index in [1.807, 2.05) is 49.2 Å². The van der Waals surface area contributed by atoms with Gasteiger partial charge >= 0.3 is 6.03 Å². The highest BCUT2D eigenvalue weighted by Gasteiger charge is 2.33. The fourth-order valence-electron chi connectivity index (χ4n) is 3.96. The molecule has 3 aromatic rings. The Morgan fingerprint density at radius 3 is 2.76 bits per heavy atom. The van der Waals surface area contributed by atoms with E-state index in [-0.39, 0.29) is 12.1 Å². The molecule has 1 N–H and O–H groups in total. The van der Waals surface area contributed by atoms with Crippen LogP contribution in [0.5, 0.6) is 0 Å². The third-order valence-electron chi connectivity index (χ3n) is 5.62. The molecule has 1 unspecified atom stereocenters. The molecule has 1 saturated heterocycles. The number of carbonyl (C=O) groups excluding carboxylic acids is 1. The number of nitrogens with one attached hydrogen (secondary N) is 1. The van der Waals surface area contributed by atoms with Crippen LogP contribution in [0.2, 0.25) is 0 Å². The van der Waals surface area contributed by atoms with Crippen LogP contribution >= 0.6 is 0 Å². The Bertz CT molecular complexity index is 1010. The van der Waals surface area contributed by atoms with E-state index in [2.05, 4.69) is 27.9 Å². The van der Waals surface area contributed by atoms with Crippen LogP contribution in [0.25, 0.3) is 0 Å². The lowest BCUT2D eigenvalue weighted by Gasteiger charge is -2.26. The molecule has 1 atom stereocenters. The molecule has 1 aliphatic rings. The quantitative estimate of drug-likeness (QED) is 0.708. The van der Waals surface area contributed by atoms with Crippen molar-refractivity contribution in [2.45, 2.75) is 46.2 Å². The SMILES string of the molecule is Cc1ccc(C)c(NC(=O)N2CCCC2c2ncc(C)n2Cc2ccncc2)c1. The van der Waals surface area contributed by atoms with E-state index in [1.54, 1.807) is 12.4 Å². The van der Waals surface area contributed by atoms with Crippen LogP contribution in [0.3, 0.4) is 0 Å². The predicted octanol–water partition coefficient (Wildman–Crippen LogP) is 4.62. The van der Waals surface area contributed by atoms with Gasteiger partial charge in [0.05, 0.1) is 6.04 Å². The summed E-state index contributed by atoms with van der Waals surface area (Å²) < 4.78 is 2.21. The average Bonchev–Trinajstić information content (AvgIpc) is 3.33. The van der Waals surface area contributed by atoms with Crippen molar-refractivity contribution >= 4 is 11.7 Å². The average molecular weight is 390 g/mol. The minimum atomic E-state index is -0.0580. The zero-order valence-electron chi connectivity index (χ0n) is 17.2. The van der Waals surface area contributed by atoms with E-state index < -0.39 is 0 Å². The molecule has 2 aromatic heterocycles. The van der Waals surface area contributed by atoms with Crippen LogP contribution in [-0.4, -0.2) is 32.0 Å². The Morgan fingerprint density at radius 2 is 1.97 bits per heavy atom. The highest BCUT2D eigenvalue weighted by molar-refractivity contribution is 5.90. The van der Waals surface area contributed by atoms with Crippen LogP contribution in [0, 0.1) is 20.8 Å². The number of imidazole rings is 1. The van der Waals surface area contributed by atoms with Gasteiger partial charge in [0.25, 0.3) is 0 Å². The number of hydrogen-bond donors (Lipinski definition) is 1. The van der Waals surface area contributed by atoms with Crippen molar-refractivity contribution in [3.63, 3.8) is 0 Å². The highest BCUT2D eigenvalue weighted by Crippen LogP contribution is 2.33. The van der Waals surface area contributed by atoms with Gasteiger partial charge < -0.3 is 14.8 Å². The summed E-state index contributed by atoms with van der Waals surface area (Å²) in [7, 11) is 0. The van der Waals surface area contributed by atoms with Crippen LogP contribution in [-0.2, 0) is 6.54 Å². The lowest BCUT2D eigenvalue weighted by molar-refractivity contribution is 0.204. The van der Waals surface area contributed by atoms with Crippen molar-refractivity contribution in [3.05, 3.63) is 77.1 Å². The second kappa shape index (κ2) is 8.07. The second-order valence-electron chi connectivity index (χ2n) is 7.80. The predicted molar refractivity (Wildman–Crippen MR) is 114 cm³/mol. The maximum atomic E-state index is 13.1. The van der Waals surface area contributed by atoms with Crippen LogP contribution < -0.4 is 5.32 Å². The monoisotopic (exact) mass is 389 g/mol. The summed E-state index contributed by atoms with van der Waals surface area (Å²) in [6.07, 6.45) is 7.41. The summed E-state index contributed by atoms with van der Waals surface area (Å²) in [5.74, 6) is 0.952. The van der Waals surface area contributed by atoms with Crippen LogP contribution in [0.15, 0.2) is 48.9 Å². The largest absolute Gasteiger partial charge is 0.326 e. The van der Waals surface area contributed by atoms with Crippen molar-refractivity contribution in [2.75, 3.05) is 11.9 Å². The molecule has 0 aliphatic carbocycles. The zero-order chi connectivity index (χ0) is 20.4. The molecular weight excluding hydrogens is 362 g/mol.